The molecule has 9 heteroatoms. The van der Waals surface area contributed by atoms with Crippen molar-refractivity contribution in [2.75, 3.05) is 38.2 Å². The van der Waals surface area contributed by atoms with Gasteiger partial charge in [-0.15, -0.1) is 0 Å². The smallest absolute Gasteiger partial charge is 0.208 e. The highest BCUT2D eigenvalue weighted by Crippen LogP contribution is 2.29. The Hall–Kier alpha value is -3.82. The number of aryl methyl sites for hydroxylation is 1. The van der Waals surface area contributed by atoms with E-state index < -0.39 is 0 Å². The number of carbonyl (C=O) groups is 1. The van der Waals surface area contributed by atoms with Crippen molar-refractivity contribution in [3.63, 3.8) is 0 Å². The highest BCUT2D eigenvalue weighted by molar-refractivity contribution is 5.83. The van der Waals surface area contributed by atoms with E-state index in [1.54, 1.807) is 24.4 Å². The number of imidazole rings is 1. The average Bonchev–Trinajstić information content (AvgIpc) is 3.20. The number of nitrogens with zero attached hydrogens (tertiary/aromatic N) is 4. The molecule has 5 rings (SSSR count). The van der Waals surface area contributed by atoms with E-state index in [9.17, 15) is 9.18 Å². The fourth-order valence-corrected chi connectivity index (χ4v) is 4.57. The maximum atomic E-state index is 14.1. The van der Waals surface area contributed by atoms with Gasteiger partial charge in [0.2, 0.25) is 5.95 Å². The summed E-state index contributed by atoms with van der Waals surface area (Å²) >= 11 is 0. The normalized spacial score (nSPS) is 14.2. The van der Waals surface area contributed by atoms with E-state index in [0.29, 0.717) is 48.5 Å². The Labute approximate surface area is 221 Å². The molecule has 1 saturated heterocycles. The zero-order valence-corrected chi connectivity index (χ0v) is 21.9. The lowest BCUT2D eigenvalue weighted by Crippen LogP contribution is -2.39. The first-order valence-corrected chi connectivity index (χ1v) is 12.8. The first-order valence-electron chi connectivity index (χ1n) is 12.8. The van der Waals surface area contributed by atoms with E-state index in [1.807, 2.05) is 49.7 Å². The highest BCUT2D eigenvalue weighted by Gasteiger charge is 2.16. The van der Waals surface area contributed by atoms with Crippen LogP contribution in [0.15, 0.2) is 54.7 Å². The second-order valence-corrected chi connectivity index (χ2v) is 9.85. The molecule has 0 atom stereocenters. The lowest BCUT2D eigenvalue weighted by molar-refractivity contribution is -0.120. The van der Waals surface area contributed by atoms with Crippen molar-refractivity contribution in [3.05, 3.63) is 71.8 Å². The van der Waals surface area contributed by atoms with Crippen molar-refractivity contribution in [2.24, 2.45) is 7.05 Å². The van der Waals surface area contributed by atoms with Gasteiger partial charge in [0.1, 0.15) is 17.3 Å². The number of rotatable bonds is 9. The molecule has 198 valence electrons. The van der Waals surface area contributed by atoms with Gasteiger partial charge in [-0.05, 0) is 47.9 Å². The Balaban J connectivity index is 1.28. The Morgan fingerprint density at radius 1 is 1.11 bits per heavy atom. The molecule has 0 amide bonds. The van der Waals surface area contributed by atoms with Gasteiger partial charge >= 0.3 is 0 Å². The molecule has 1 aliphatic rings. The van der Waals surface area contributed by atoms with Crippen LogP contribution >= 0.6 is 0 Å². The number of ketones is 1. The Kier molecular flexibility index (Phi) is 7.67. The van der Waals surface area contributed by atoms with Crippen molar-refractivity contribution in [3.8, 4) is 11.5 Å². The fourth-order valence-electron chi connectivity index (χ4n) is 4.57. The van der Waals surface area contributed by atoms with Crippen LogP contribution in [0.3, 0.4) is 0 Å². The SMILES string of the molecule is CC(C)c1cc(Nc2nc3cc(Oc4ccnc(CC(=O)CN5CCOCC5)c4)ccc3n2C)ccc1F. The molecule has 3 heterocycles. The fraction of sp³-hybridized carbons (Fsp3) is 0.345. The first-order chi connectivity index (χ1) is 18.4. The number of aromatic nitrogens is 3. The largest absolute Gasteiger partial charge is 0.457 e. The molecule has 1 fully saturated rings. The summed E-state index contributed by atoms with van der Waals surface area (Å²) in [5.41, 5.74) is 3.79. The standard InChI is InChI=1S/C29H32FN5O3/c1-19(2)25-16-20(4-6-26(25)30)32-29-33-27-17-23(5-7-28(27)34(29)3)38-24-8-9-31-21(15-24)14-22(36)18-35-10-12-37-13-11-35/h4-9,15-17,19H,10-14,18H2,1-3H3,(H,32,33). The Bertz CT molecular complexity index is 1450. The summed E-state index contributed by atoms with van der Waals surface area (Å²) in [6.07, 6.45) is 1.91. The molecule has 0 spiro atoms. The summed E-state index contributed by atoms with van der Waals surface area (Å²) in [5.74, 6) is 1.86. The number of halogens is 1. The van der Waals surface area contributed by atoms with Crippen molar-refractivity contribution >= 4 is 28.5 Å². The predicted octanol–water partition coefficient (Wildman–Crippen LogP) is 5.21. The van der Waals surface area contributed by atoms with Crippen LogP contribution in [0.2, 0.25) is 0 Å². The molecule has 38 heavy (non-hydrogen) atoms. The molecule has 1 N–H and O–H groups in total. The number of nitrogens with one attached hydrogen (secondary N) is 1. The molecule has 0 saturated carbocycles. The van der Waals surface area contributed by atoms with Crippen molar-refractivity contribution in [2.45, 2.75) is 26.2 Å². The molecule has 4 aromatic rings. The summed E-state index contributed by atoms with van der Waals surface area (Å²) in [4.78, 5) is 23.7. The maximum absolute atomic E-state index is 14.1. The number of fused-ring (bicyclic) bond motifs is 1. The number of carbonyl (C=O) groups excluding carboxylic acids is 1. The van der Waals surface area contributed by atoms with Gasteiger partial charge in [0, 0.05) is 44.2 Å². The monoisotopic (exact) mass is 517 g/mol. The van der Waals surface area contributed by atoms with Gasteiger partial charge < -0.3 is 19.4 Å². The van der Waals surface area contributed by atoms with E-state index in [1.165, 1.54) is 6.07 Å². The van der Waals surface area contributed by atoms with Crippen LogP contribution < -0.4 is 10.1 Å². The Morgan fingerprint density at radius 2 is 1.89 bits per heavy atom. The molecule has 2 aromatic carbocycles. The third-order valence-corrected chi connectivity index (χ3v) is 6.63. The molecular formula is C29H32FN5O3. The number of morpholine rings is 1. The molecular weight excluding hydrogens is 485 g/mol. The van der Waals surface area contributed by atoms with Gasteiger partial charge in [-0.25, -0.2) is 9.37 Å². The minimum absolute atomic E-state index is 0.0773. The van der Waals surface area contributed by atoms with E-state index in [4.69, 9.17) is 14.5 Å². The van der Waals surface area contributed by atoms with Crippen LogP contribution in [0.4, 0.5) is 16.0 Å². The van der Waals surface area contributed by atoms with Gasteiger partial charge in [0.05, 0.1) is 42.9 Å². The van der Waals surface area contributed by atoms with Gasteiger partial charge in [0.15, 0.2) is 5.78 Å². The number of hydrogen-bond donors (Lipinski definition) is 1. The number of ether oxygens (including phenoxy) is 2. The second-order valence-electron chi connectivity index (χ2n) is 9.85. The van der Waals surface area contributed by atoms with Gasteiger partial charge in [0.25, 0.3) is 0 Å². The topological polar surface area (TPSA) is 81.5 Å². The second kappa shape index (κ2) is 11.3. The zero-order valence-electron chi connectivity index (χ0n) is 21.9. The van der Waals surface area contributed by atoms with Gasteiger partial charge in [-0.1, -0.05) is 13.8 Å². The zero-order chi connectivity index (χ0) is 26.6. The van der Waals surface area contributed by atoms with Crippen LogP contribution in [0.25, 0.3) is 11.0 Å². The van der Waals surface area contributed by atoms with Crippen molar-refractivity contribution in [1.29, 1.82) is 0 Å². The number of anilines is 2. The molecule has 0 unspecified atom stereocenters. The minimum Gasteiger partial charge on any atom is -0.457 e. The summed E-state index contributed by atoms with van der Waals surface area (Å²) in [7, 11) is 1.92. The first kappa shape index (κ1) is 25.8. The Morgan fingerprint density at radius 3 is 2.68 bits per heavy atom. The molecule has 0 radical (unpaired) electrons. The van der Waals surface area contributed by atoms with Crippen LogP contribution in [0.1, 0.15) is 31.0 Å². The van der Waals surface area contributed by atoms with Crippen LogP contribution in [-0.4, -0.2) is 58.1 Å². The molecule has 2 aromatic heterocycles. The summed E-state index contributed by atoms with van der Waals surface area (Å²) in [6, 6.07) is 14.3. The molecule has 8 nitrogen and oxygen atoms in total. The summed E-state index contributed by atoms with van der Waals surface area (Å²) in [6.45, 7) is 7.22. The molecule has 0 bridgehead atoms. The third kappa shape index (κ3) is 6.00. The molecule has 0 aliphatic carbocycles. The van der Waals surface area contributed by atoms with E-state index in [0.717, 1.165) is 29.8 Å². The highest BCUT2D eigenvalue weighted by atomic mass is 19.1. The lowest BCUT2D eigenvalue weighted by atomic mass is 10.0. The van der Waals surface area contributed by atoms with Crippen molar-refractivity contribution < 1.29 is 18.7 Å². The van der Waals surface area contributed by atoms with Crippen LogP contribution in [0, 0.1) is 5.82 Å². The van der Waals surface area contributed by atoms with Crippen LogP contribution in [-0.2, 0) is 23.0 Å². The maximum Gasteiger partial charge on any atom is 0.208 e. The average molecular weight is 518 g/mol. The van der Waals surface area contributed by atoms with Gasteiger partial charge in [-0.3, -0.25) is 14.7 Å². The third-order valence-electron chi connectivity index (χ3n) is 6.63. The number of hydrogen-bond acceptors (Lipinski definition) is 7. The van der Waals surface area contributed by atoms with Gasteiger partial charge in [-0.2, -0.15) is 0 Å². The van der Waals surface area contributed by atoms with Crippen molar-refractivity contribution in [1.82, 2.24) is 19.4 Å². The van der Waals surface area contributed by atoms with E-state index in [2.05, 4.69) is 15.2 Å². The van der Waals surface area contributed by atoms with Crippen LogP contribution in [0.5, 0.6) is 11.5 Å². The predicted molar refractivity (Wildman–Crippen MR) is 145 cm³/mol. The number of Topliss-reactive ketones (excluding diaryl/α,β-unsaturated/α-hetero) is 1. The summed E-state index contributed by atoms with van der Waals surface area (Å²) < 4.78 is 27.5. The summed E-state index contributed by atoms with van der Waals surface area (Å²) in [5, 5.41) is 3.30. The number of pyridine rings is 1. The van der Waals surface area contributed by atoms with E-state index >= 15 is 0 Å². The quantitative estimate of drug-likeness (QED) is 0.326. The lowest BCUT2D eigenvalue weighted by Gasteiger charge is -2.25. The molecule has 1 aliphatic heterocycles. The van der Waals surface area contributed by atoms with E-state index in [-0.39, 0.29) is 23.9 Å². The minimum atomic E-state index is -0.210. The number of benzene rings is 2.